The Balaban J connectivity index is 1.84. The van der Waals surface area contributed by atoms with Gasteiger partial charge in [0.15, 0.2) is 5.43 Å². The number of carbonyl (C=O) groups is 1. The number of fused-ring (bicyclic) bond motifs is 2. The van der Waals surface area contributed by atoms with E-state index in [0.29, 0.717) is 35.3 Å². The third kappa shape index (κ3) is 3.31. The number of hydrogen-bond donors (Lipinski definition) is 1. The van der Waals surface area contributed by atoms with Crippen LogP contribution in [0.15, 0.2) is 51.7 Å². The number of ether oxygens (including phenoxy) is 1. The van der Waals surface area contributed by atoms with Gasteiger partial charge in [-0.05, 0) is 73.7 Å². The average Bonchev–Trinajstić information content (AvgIpc) is 2.69. The van der Waals surface area contributed by atoms with Crippen molar-refractivity contribution in [3.05, 3.63) is 75.1 Å². The Hall–Kier alpha value is -3.34. The minimum absolute atomic E-state index is 0.0825. The molecule has 0 saturated carbocycles. The number of carboxylic acids is 1. The average molecular weight is 376 g/mol. The fraction of sp³-hybridized carbons (Fsp3) is 0.217. The molecule has 5 heteroatoms. The minimum atomic E-state index is -1.06. The monoisotopic (exact) mass is 376 g/mol. The molecule has 0 saturated heterocycles. The van der Waals surface area contributed by atoms with Gasteiger partial charge in [0.1, 0.15) is 17.1 Å². The molecule has 3 aromatic rings. The molecule has 1 aromatic heterocycles. The summed E-state index contributed by atoms with van der Waals surface area (Å²) in [7, 11) is 0. The second-order valence-electron chi connectivity index (χ2n) is 6.78. The molecule has 1 N–H and O–H groups in total. The predicted molar refractivity (Wildman–Crippen MR) is 108 cm³/mol. The van der Waals surface area contributed by atoms with Crippen LogP contribution in [0, 0.1) is 0 Å². The summed E-state index contributed by atoms with van der Waals surface area (Å²) >= 11 is 0. The number of rotatable bonds is 4. The van der Waals surface area contributed by atoms with Gasteiger partial charge in [-0.25, -0.2) is 4.79 Å². The zero-order valence-electron chi connectivity index (χ0n) is 15.5. The molecule has 1 aliphatic rings. The lowest BCUT2D eigenvalue weighted by Gasteiger charge is -2.18. The van der Waals surface area contributed by atoms with Gasteiger partial charge >= 0.3 is 5.97 Å². The predicted octanol–water partition coefficient (Wildman–Crippen LogP) is 4.77. The van der Waals surface area contributed by atoms with E-state index in [1.54, 1.807) is 6.07 Å². The Morgan fingerprint density at radius 3 is 2.86 bits per heavy atom. The Morgan fingerprint density at radius 1 is 1.21 bits per heavy atom. The number of hydrogen-bond acceptors (Lipinski definition) is 4. The molecule has 4 rings (SSSR count). The van der Waals surface area contributed by atoms with Crippen molar-refractivity contribution in [2.45, 2.75) is 26.2 Å². The van der Waals surface area contributed by atoms with Gasteiger partial charge in [0.2, 0.25) is 0 Å². The summed E-state index contributed by atoms with van der Waals surface area (Å²) < 4.78 is 11.6. The molecule has 0 aliphatic heterocycles. The van der Waals surface area contributed by atoms with Crippen LogP contribution in [0.5, 0.6) is 5.75 Å². The molecule has 1 aliphatic carbocycles. The van der Waals surface area contributed by atoms with E-state index in [1.807, 2.05) is 37.3 Å². The number of aromatic carboxylic acids is 1. The Labute approximate surface area is 161 Å². The van der Waals surface area contributed by atoms with Crippen LogP contribution in [0.2, 0.25) is 0 Å². The van der Waals surface area contributed by atoms with Gasteiger partial charge in [-0.1, -0.05) is 12.1 Å². The molecule has 0 amide bonds. The maximum Gasteiger partial charge on any atom is 0.335 e. The molecule has 0 bridgehead atoms. The van der Waals surface area contributed by atoms with Crippen LogP contribution < -0.4 is 10.2 Å². The molecular weight excluding hydrogens is 356 g/mol. The lowest BCUT2D eigenvalue weighted by Crippen LogP contribution is -2.16. The van der Waals surface area contributed by atoms with E-state index in [2.05, 4.69) is 0 Å². The van der Waals surface area contributed by atoms with Crippen molar-refractivity contribution in [1.29, 1.82) is 0 Å². The van der Waals surface area contributed by atoms with Gasteiger partial charge < -0.3 is 14.3 Å². The summed E-state index contributed by atoms with van der Waals surface area (Å²) in [6.07, 6.45) is 4.31. The molecular formula is C23H20O5. The van der Waals surface area contributed by atoms with Crippen molar-refractivity contribution in [2.75, 3.05) is 6.61 Å². The van der Waals surface area contributed by atoms with Crippen LogP contribution in [0.1, 0.15) is 47.0 Å². The summed E-state index contributed by atoms with van der Waals surface area (Å²) in [4.78, 5) is 24.2. The van der Waals surface area contributed by atoms with Crippen LogP contribution >= 0.6 is 0 Å². The van der Waals surface area contributed by atoms with Gasteiger partial charge in [0.25, 0.3) is 0 Å². The highest BCUT2D eigenvalue weighted by Gasteiger charge is 2.22. The van der Waals surface area contributed by atoms with Crippen LogP contribution in [0.4, 0.5) is 0 Å². The first-order chi connectivity index (χ1) is 13.6. The summed E-state index contributed by atoms with van der Waals surface area (Å²) in [5, 5.41) is 9.51. The molecule has 0 atom stereocenters. The number of carboxylic acid groups (broad SMARTS) is 1. The standard InChI is InChI=1S/C23H20O5/c1-2-27-17-7-3-5-14(12-17)11-15-6-4-8-18-21(24)19-13-16(23(25)26)9-10-20(19)28-22(15)18/h3,5,7,9-13H,2,4,6,8H2,1H3,(H,25,26)/b15-11+. The largest absolute Gasteiger partial charge is 0.494 e. The van der Waals surface area contributed by atoms with Gasteiger partial charge in [-0.3, -0.25) is 4.79 Å². The molecule has 142 valence electrons. The molecule has 1 heterocycles. The van der Waals surface area contributed by atoms with Crippen molar-refractivity contribution < 1.29 is 19.1 Å². The second-order valence-corrected chi connectivity index (χ2v) is 6.78. The van der Waals surface area contributed by atoms with Crippen LogP contribution in [-0.2, 0) is 6.42 Å². The highest BCUT2D eigenvalue weighted by Crippen LogP contribution is 2.33. The van der Waals surface area contributed by atoms with Crippen LogP contribution in [0.25, 0.3) is 22.6 Å². The second kappa shape index (κ2) is 7.35. The first kappa shape index (κ1) is 18.0. The zero-order valence-corrected chi connectivity index (χ0v) is 15.5. The van der Waals surface area contributed by atoms with Gasteiger partial charge in [0.05, 0.1) is 17.6 Å². The lowest BCUT2D eigenvalue weighted by molar-refractivity contribution is 0.0697. The summed E-state index contributed by atoms with van der Waals surface area (Å²) in [5.41, 5.74) is 2.92. The van der Waals surface area contributed by atoms with E-state index < -0.39 is 5.97 Å². The summed E-state index contributed by atoms with van der Waals surface area (Å²) in [5.74, 6) is 0.344. The minimum Gasteiger partial charge on any atom is -0.494 e. The third-order valence-corrected chi connectivity index (χ3v) is 4.91. The fourth-order valence-electron chi connectivity index (χ4n) is 3.62. The van der Waals surface area contributed by atoms with E-state index in [9.17, 15) is 14.7 Å². The molecule has 5 nitrogen and oxygen atoms in total. The van der Waals surface area contributed by atoms with Crippen molar-refractivity contribution in [1.82, 2.24) is 0 Å². The maximum absolute atomic E-state index is 13.0. The first-order valence-electron chi connectivity index (χ1n) is 9.33. The number of benzene rings is 2. The normalized spacial score (nSPS) is 14.8. The summed E-state index contributed by atoms with van der Waals surface area (Å²) in [6.45, 7) is 2.54. The molecule has 0 fully saturated rings. The summed E-state index contributed by atoms with van der Waals surface area (Å²) in [6, 6.07) is 12.2. The van der Waals surface area contributed by atoms with E-state index in [0.717, 1.165) is 29.7 Å². The molecule has 28 heavy (non-hydrogen) atoms. The Bertz CT molecular complexity index is 1150. The van der Waals surface area contributed by atoms with E-state index in [1.165, 1.54) is 12.1 Å². The Kier molecular flexibility index (Phi) is 4.74. The van der Waals surface area contributed by atoms with E-state index >= 15 is 0 Å². The topological polar surface area (TPSA) is 76.7 Å². The molecule has 0 unspecified atom stereocenters. The zero-order chi connectivity index (χ0) is 19.7. The quantitative estimate of drug-likeness (QED) is 0.710. The van der Waals surface area contributed by atoms with Crippen molar-refractivity contribution in [2.24, 2.45) is 0 Å². The van der Waals surface area contributed by atoms with Gasteiger partial charge in [-0.2, -0.15) is 0 Å². The van der Waals surface area contributed by atoms with E-state index in [-0.39, 0.29) is 11.0 Å². The number of allylic oxidation sites excluding steroid dienone is 1. The molecule has 2 aromatic carbocycles. The first-order valence-corrected chi connectivity index (χ1v) is 9.33. The highest BCUT2D eigenvalue weighted by molar-refractivity contribution is 5.93. The van der Waals surface area contributed by atoms with Gasteiger partial charge in [0, 0.05) is 5.56 Å². The van der Waals surface area contributed by atoms with E-state index in [4.69, 9.17) is 9.15 Å². The smallest absolute Gasteiger partial charge is 0.335 e. The van der Waals surface area contributed by atoms with Gasteiger partial charge in [-0.15, -0.1) is 0 Å². The maximum atomic E-state index is 13.0. The third-order valence-electron chi connectivity index (χ3n) is 4.91. The van der Waals surface area contributed by atoms with Crippen molar-refractivity contribution in [3.8, 4) is 5.75 Å². The highest BCUT2D eigenvalue weighted by atomic mass is 16.5. The fourth-order valence-corrected chi connectivity index (χ4v) is 3.62. The van der Waals surface area contributed by atoms with Crippen LogP contribution in [-0.4, -0.2) is 17.7 Å². The van der Waals surface area contributed by atoms with Crippen molar-refractivity contribution >= 4 is 28.6 Å². The lowest BCUT2D eigenvalue weighted by atomic mass is 9.90. The Morgan fingerprint density at radius 2 is 2.07 bits per heavy atom. The van der Waals surface area contributed by atoms with Crippen molar-refractivity contribution in [3.63, 3.8) is 0 Å². The molecule has 0 radical (unpaired) electrons. The SMILES string of the molecule is CCOc1cccc(/C=C2\CCCc3c2oc2ccc(C(=O)O)cc2c3=O)c1. The molecule has 0 spiro atoms. The van der Waals surface area contributed by atoms with Crippen LogP contribution in [0.3, 0.4) is 0 Å².